The Bertz CT molecular complexity index is 850. The van der Waals surface area contributed by atoms with Crippen molar-refractivity contribution in [2.75, 3.05) is 50.8 Å². The standard InChI is InChI=1S/C21H25ClN4O2/c1-15-2-5-19(23-9-15)25-11-21(12-25)13-26(14-21)20(27)10-24-6-7-28-18-8-16(22)3-4-17(18)24/h2,5,8-9H,3-4,6-7,10-14H2,1H3. The molecule has 1 aromatic rings. The summed E-state index contributed by atoms with van der Waals surface area (Å²) in [6.45, 7) is 7.55. The van der Waals surface area contributed by atoms with E-state index in [-0.39, 0.29) is 11.3 Å². The number of rotatable bonds is 3. The first-order valence-electron chi connectivity index (χ1n) is 9.94. The number of likely N-dealkylation sites (tertiary alicyclic amines) is 1. The minimum atomic E-state index is 0.215. The van der Waals surface area contributed by atoms with Crippen LogP contribution >= 0.6 is 11.6 Å². The molecule has 0 aromatic carbocycles. The molecule has 2 saturated heterocycles. The molecule has 0 unspecified atom stereocenters. The first-order valence-corrected chi connectivity index (χ1v) is 10.3. The van der Waals surface area contributed by atoms with Crippen molar-refractivity contribution < 1.29 is 9.53 Å². The lowest BCUT2D eigenvalue weighted by Gasteiger charge is -2.60. The van der Waals surface area contributed by atoms with Crippen molar-refractivity contribution in [2.24, 2.45) is 5.41 Å². The molecule has 0 N–H and O–H groups in total. The molecule has 0 radical (unpaired) electrons. The number of halogens is 1. The highest BCUT2D eigenvalue weighted by molar-refractivity contribution is 6.29. The van der Waals surface area contributed by atoms with Gasteiger partial charge in [-0.15, -0.1) is 0 Å². The Balaban J connectivity index is 1.15. The third-order valence-corrected chi connectivity index (χ3v) is 6.48. The van der Waals surface area contributed by atoms with Gasteiger partial charge in [-0.25, -0.2) is 4.98 Å². The van der Waals surface area contributed by atoms with E-state index in [0.717, 1.165) is 67.9 Å². The van der Waals surface area contributed by atoms with Crippen LogP contribution in [0.15, 0.2) is 40.9 Å². The zero-order chi connectivity index (χ0) is 19.3. The van der Waals surface area contributed by atoms with Crippen LogP contribution in [0.5, 0.6) is 0 Å². The summed E-state index contributed by atoms with van der Waals surface area (Å²) < 4.78 is 5.73. The number of carbonyl (C=O) groups excluding carboxylic acids is 1. The molecule has 5 rings (SSSR count). The summed E-state index contributed by atoms with van der Waals surface area (Å²) in [5.74, 6) is 2.10. The van der Waals surface area contributed by atoms with E-state index in [1.165, 1.54) is 5.56 Å². The van der Waals surface area contributed by atoms with Crippen molar-refractivity contribution in [2.45, 2.75) is 19.8 Å². The van der Waals surface area contributed by atoms with E-state index in [4.69, 9.17) is 16.3 Å². The molecule has 4 heterocycles. The van der Waals surface area contributed by atoms with Crippen LogP contribution in [0.3, 0.4) is 0 Å². The molecule has 7 heteroatoms. The van der Waals surface area contributed by atoms with Gasteiger partial charge >= 0.3 is 0 Å². The van der Waals surface area contributed by atoms with Crippen LogP contribution < -0.4 is 4.90 Å². The second-order valence-electron chi connectivity index (χ2n) is 8.47. The number of aromatic nitrogens is 1. The summed E-state index contributed by atoms with van der Waals surface area (Å²) in [5.41, 5.74) is 2.56. The number of anilines is 1. The molecule has 0 bridgehead atoms. The summed E-state index contributed by atoms with van der Waals surface area (Å²) in [7, 11) is 0. The van der Waals surface area contributed by atoms with Crippen molar-refractivity contribution in [3.05, 3.63) is 46.5 Å². The number of nitrogens with zero attached hydrogens (tertiary/aromatic N) is 4. The van der Waals surface area contributed by atoms with Crippen molar-refractivity contribution >= 4 is 23.3 Å². The van der Waals surface area contributed by atoms with Crippen LogP contribution in [0.1, 0.15) is 18.4 Å². The Morgan fingerprint density at radius 2 is 2.07 bits per heavy atom. The topological polar surface area (TPSA) is 48.9 Å². The van der Waals surface area contributed by atoms with Gasteiger partial charge in [0.1, 0.15) is 18.2 Å². The molecule has 2 fully saturated rings. The first kappa shape index (κ1) is 17.9. The number of amides is 1. The molecule has 0 atom stereocenters. The lowest BCUT2D eigenvalue weighted by Crippen LogP contribution is -2.73. The lowest BCUT2D eigenvalue weighted by molar-refractivity contribution is -0.146. The van der Waals surface area contributed by atoms with E-state index in [1.807, 2.05) is 17.2 Å². The number of pyridine rings is 1. The van der Waals surface area contributed by atoms with Gasteiger partial charge in [0.05, 0.1) is 18.8 Å². The Morgan fingerprint density at radius 1 is 1.25 bits per heavy atom. The van der Waals surface area contributed by atoms with E-state index in [0.29, 0.717) is 13.2 Å². The summed E-state index contributed by atoms with van der Waals surface area (Å²) in [4.78, 5) is 23.8. The maximum Gasteiger partial charge on any atom is 0.242 e. The van der Waals surface area contributed by atoms with Crippen molar-refractivity contribution in [3.63, 3.8) is 0 Å². The maximum absolute atomic E-state index is 12.8. The Labute approximate surface area is 170 Å². The highest BCUT2D eigenvalue weighted by atomic mass is 35.5. The van der Waals surface area contributed by atoms with Crippen molar-refractivity contribution in [1.82, 2.24) is 14.8 Å². The summed E-state index contributed by atoms with van der Waals surface area (Å²) >= 11 is 6.13. The third kappa shape index (κ3) is 3.13. The van der Waals surface area contributed by atoms with E-state index < -0.39 is 0 Å². The van der Waals surface area contributed by atoms with Gasteiger partial charge in [0.2, 0.25) is 5.91 Å². The second kappa shape index (κ2) is 6.69. The Kier molecular flexibility index (Phi) is 4.27. The number of ether oxygens (including phenoxy) is 1. The van der Waals surface area contributed by atoms with Gasteiger partial charge in [0, 0.05) is 42.8 Å². The monoisotopic (exact) mass is 400 g/mol. The lowest BCUT2D eigenvalue weighted by atomic mass is 9.72. The number of aryl methyl sites for hydroxylation is 1. The van der Waals surface area contributed by atoms with E-state index in [9.17, 15) is 4.79 Å². The average Bonchev–Trinajstić information content (AvgIpc) is 2.61. The second-order valence-corrected chi connectivity index (χ2v) is 8.96. The molecule has 28 heavy (non-hydrogen) atoms. The van der Waals surface area contributed by atoms with Crippen molar-refractivity contribution in [3.8, 4) is 0 Å². The minimum Gasteiger partial charge on any atom is -0.490 e. The first-order chi connectivity index (χ1) is 13.5. The predicted octanol–water partition coefficient (Wildman–Crippen LogP) is 2.50. The quantitative estimate of drug-likeness (QED) is 0.780. The van der Waals surface area contributed by atoms with Crippen LogP contribution in [0.4, 0.5) is 5.82 Å². The van der Waals surface area contributed by atoms with Gasteiger partial charge in [-0.2, -0.15) is 0 Å². The Hall–Kier alpha value is -2.21. The molecular formula is C21H25ClN4O2. The van der Waals surface area contributed by atoms with E-state index in [2.05, 4.69) is 33.8 Å². The number of hydrogen-bond donors (Lipinski definition) is 0. The third-order valence-electron chi connectivity index (χ3n) is 6.18. The zero-order valence-corrected chi connectivity index (χ0v) is 16.9. The number of carbonyl (C=O) groups is 1. The molecular weight excluding hydrogens is 376 g/mol. The molecule has 0 saturated carbocycles. The van der Waals surface area contributed by atoms with Crippen LogP contribution in [0, 0.1) is 12.3 Å². The molecule has 6 nitrogen and oxygen atoms in total. The van der Waals surface area contributed by atoms with Gasteiger partial charge in [0.15, 0.2) is 0 Å². The van der Waals surface area contributed by atoms with Crippen molar-refractivity contribution in [1.29, 1.82) is 0 Å². The van der Waals surface area contributed by atoms with Crippen LogP contribution in [0.25, 0.3) is 0 Å². The normalized spacial score (nSPS) is 22.9. The van der Waals surface area contributed by atoms with Crippen LogP contribution in [-0.2, 0) is 9.53 Å². The largest absolute Gasteiger partial charge is 0.490 e. The highest BCUT2D eigenvalue weighted by Gasteiger charge is 2.53. The van der Waals surface area contributed by atoms with Gasteiger partial charge in [-0.05, 0) is 37.5 Å². The SMILES string of the molecule is Cc1ccc(N2CC3(CN(C(=O)CN4CCOC5=C4CCC(Cl)=C5)C3)C2)nc1. The highest BCUT2D eigenvalue weighted by Crippen LogP contribution is 2.41. The Morgan fingerprint density at radius 3 is 2.82 bits per heavy atom. The molecule has 1 spiro atoms. The molecule has 4 aliphatic rings. The fourth-order valence-electron chi connectivity index (χ4n) is 4.65. The maximum atomic E-state index is 12.8. The average molecular weight is 401 g/mol. The fourth-order valence-corrected chi connectivity index (χ4v) is 4.84. The van der Waals surface area contributed by atoms with Gasteiger partial charge < -0.3 is 19.4 Å². The van der Waals surface area contributed by atoms with Crippen LogP contribution in [-0.4, -0.2) is 66.6 Å². The smallest absolute Gasteiger partial charge is 0.242 e. The molecule has 3 aliphatic heterocycles. The summed E-state index contributed by atoms with van der Waals surface area (Å²) in [6.07, 6.45) is 5.48. The van der Waals surface area contributed by atoms with E-state index >= 15 is 0 Å². The fraction of sp³-hybridized carbons (Fsp3) is 0.524. The molecule has 148 valence electrons. The van der Waals surface area contributed by atoms with Gasteiger partial charge in [-0.3, -0.25) is 4.79 Å². The van der Waals surface area contributed by atoms with Crippen LogP contribution in [0.2, 0.25) is 0 Å². The number of hydrogen-bond acceptors (Lipinski definition) is 5. The van der Waals surface area contributed by atoms with Gasteiger partial charge in [0.25, 0.3) is 0 Å². The number of allylic oxidation sites excluding steroid dienone is 3. The van der Waals surface area contributed by atoms with E-state index in [1.54, 1.807) is 0 Å². The minimum absolute atomic E-state index is 0.215. The summed E-state index contributed by atoms with van der Waals surface area (Å²) in [5, 5.41) is 0.828. The molecule has 1 aliphatic carbocycles. The summed E-state index contributed by atoms with van der Waals surface area (Å²) in [6, 6.07) is 4.18. The predicted molar refractivity (Wildman–Crippen MR) is 108 cm³/mol. The zero-order valence-electron chi connectivity index (χ0n) is 16.2. The molecule has 1 amide bonds. The van der Waals surface area contributed by atoms with Gasteiger partial charge in [-0.1, -0.05) is 17.7 Å². The molecule has 1 aromatic heterocycles.